The Hall–Kier alpha value is -1.65. The average Bonchev–Trinajstić information content (AvgIpc) is 3.05. The van der Waals surface area contributed by atoms with Crippen molar-refractivity contribution in [1.29, 1.82) is 0 Å². The first-order chi connectivity index (χ1) is 10.5. The first kappa shape index (κ1) is 16.7. The molecule has 0 aliphatic heterocycles. The van der Waals surface area contributed by atoms with Crippen LogP contribution >= 0.6 is 11.3 Å². The lowest BCUT2D eigenvalue weighted by Crippen LogP contribution is -2.42. The summed E-state index contributed by atoms with van der Waals surface area (Å²) in [6.07, 6.45) is 0. The zero-order valence-corrected chi connectivity index (χ0v) is 14.4. The molecule has 3 nitrogen and oxygen atoms in total. The molecule has 1 aromatic carbocycles. The first-order valence-electron chi connectivity index (χ1n) is 7.63. The smallest absolute Gasteiger partial charge is 0.236 e. The quantitative estimate of drug-likeness (QED) is 0.853. The highest BCUT2D eigenvalue weighted by Crippen LogP contribution is 2.27. The van der Waals surface area contributed by atoms with Gasteiger partial charge in [0.1, 0.15) is 0 Å². The second-order valence-corrected chi connectivity index (χ2v) is 6.75. The average molecular weight is 316 g/mol. The van der Waals surface area contributed by atoms with Crippen LogP contribution in [0.1, 0.15) is 48.7 Å². The minimum atomic E-state index is -0.248. The largest absolute Gasteiger partial charge is 0.358 e. The predicted molar refractivity (Wildman–Crippen MR) is 93.4 cm³/mol. The van der Waals surface area contributed by atoms with Gasteiger partial charge in [-0.15, -0.1) is 11.3 Å². The summed E-state index contributed by atoms with van der Waals surface area (Å²) in [5, 5.41) is 8.19. The van der Waals surface area contributed by atoms with Crippen LogP contribution in [0.2, 0.25) is 0 Å². The Morgan fingerprint density at radius 1 is 1.05 bits per heavy atom. The number of carbonyl (C=O) groups is 1. The molecule has 118 valence electrons. The molecule has 2 atom stereocenters. The van der Waals surface area contributed by atoms with E-state index in [-0.39, 0.29) is 18.0 Å². The van der Waals surface area contributed by atoms with Crippen molar-refractivity contribution in [3.63, 3.8) is 0 Å². The van der Waals surface area contributed by atoms with Gasteiger partial charge in [-0.2, -0.15) is 0 Å². The van der Waals surface area contributed by atoms with E-state index in [1.807, 2.05) is 13.0 Å². The third-order valence-corrected chi connectivity index (χ3v) is 4.76. The van der Waals surface area contributed by atoms with Crippen molar-refractivity contribution in [1.82, 2.24) is 10.6 Å². The van der Waals surface area contributed by atoms with Gasteiger partial charge >= 0.3 is 0 Å². The Labute approximate surface area is 136 Å². The highest BCUT2D eigenvalue weighted by molar-refractivity contribution is 7.10. The van der Waals surface area contributed by atoms with E-state index in [4.69, 9.17) is 0 Å². The van der Waals surface area contributed by atoms with Crippen LogP contribution in [0.3, 0.4) is 0 Å². The van der Waals surface area contributed by atoms with Crippen LogP contribution in [0.25, 0.3) is 0 Å². The van der Waals surface area contributed by atoms with Gasteiger partial charge in [0.25, 0.3) is 0 Å². The van der Waals surface area contributed by atoms with Crippen molar-refractivity contribution in [3.05, 3.63) is 57.8 Å². The van der Waals surface area contributed by atoms with E-state index in [1.54, 1.807) is 18.4 Å². The fraction of sp³-hybridized carbons (Fsp3) is 0.389. The Kier molecular flexibility index (Phi) is 5.75. The molecule has 0 radical (unpaired) electrons. The summed E-state index contributed by atoms with van der Waals surface area (Å²) in [6, 6.07) is 12.6. The highest BCUT2D eigenvalue weighted by atomic mass is 32.1. The molecule has 2 rings (SSSR count). The van der Waals surface area contributed by atoms with E-state index < -0.39 is 0 Å². The number of amides is 1. The van der Waals surface area contributed by atoms with E-state index in [0.717, 1.165) is 0 Å². The minimum Gasteiger partial charge on any atom is -0.358 e. The van der Waals surface area contributed by atoms with Crippen LogP contribution in [0.4, 0.5) is 0 Å². The topological polar surface area (TPSA) is 41.1 Å². The summed E-state index contributed by atoms with van der Waals surface area (Å²) in [5.74, 6) is 0.521. The molecule has 1 heterocycles. The number of hydrogen-bond acceptors (Lipinski definition) is 3. The molecule has 0 saturated heterocycles. The molecule has 1 aromatic heterocycles. The molecule has 0 aliphatic rings. The lowest BCUT2D eigenvalue weighted by Gasteiger charge is -2.22. The number of thiophene rings is 1. The molecule has 1 amide bonds. The van der Waals surface area contributed by atoms with Crippen LogP contribution in [0.5, 0.6) is 0 Å². The van der Waals surface area contributed by atoms with Gasteiger partial charge in [0.15, 0.2) is 0 Å². The van der Waals surface area contributed by atoms with Crippen LogP contribution in [0, 0.1) is 0 Å². The number of likely N-dealkylation sites (N-methyl/N-ethyl adjacent to an activating group) is 1. The Morgan fingerprint density at radius 3 is 2.18 bits per heavy atom. The normalized spacial score (nSPS) is 13.9. The third-order valence-electron chi connectivity index (χ3n) is 3.82. The molecule has 0 bridgehead atoms. The second kappa shape index (κ2) is 7.56. The monoisotopic (exact) mass is 316 g/mol. The third kappa shape index (κ3) is 3.96. The zero-order valence-electron chi connectivity index (χ0n) is 13.6. The van der Waals surface area contributed by atoms with Crippen molar-refractivity contribution in [2.75, 3.05) is 7.05 Å². The van der Waals surface area contributed by atoms with Crippen molar-refractivity contribution in [2.45, 2.75) is 38.8 Å². The van der Waals surface area contributed by atoms with Crippen LogP contribution in [-0.4, -0.2) is 19.0 Å². The molecule has 0 aliphatic carbocycles. The molecule has 0 spiro atoms. The van der Waals surface area contributed by atoms with Crippen molar-refractivity contribution >= 4 is 17.2 Å². The number of rotatable bonds is 6. The van der Waals surface area contributed by atoms with Gasteiger partial charge in [-0.05, 0) is 35.4 Å². The Morgan fingerprint density at radius 2 is 1.68 bits per heavy atom. The molecule has 0 unspecified atom stereocenters. The fourth-order valence-electron chi connectivity index (χ4n) is 2.41. The maximum absolute atomic E-state index is 11.8. The molecule has 2 N–H and O–H groups in total. The van der Waals surface area contributed by atoms with Gasteiger partial charge in [-0.25, -0.2) is 0 Å². The van der Waals surface area contributed by atoms with Gasteiger partial charge in [0.2, 0.25) is 5.91 Å². The van der Waals surface area contributed by atoms with Crippen molar-refractivity contribution in [3.8, 4) is 0 Å². The molecular weight excluding hydrogens is 292 g/mol. The standard InChI is InChI=1S/C18H24N2OS/c1-12(2)14-7-9-15(10-8-14)17(16-6-5-11-22-16)20-13(3)18(21)19-4/h5-13,17,20H,1-4H3,(H,19,21)/t13-,17+/m0/s1. The number of benzene rings is 1. The van der Waals surface area contributed by atoms with Gasteiger partial charge in [0, 0.05) is 11.9 Å². The van der Waals surface area contributed by atoms with E-state index in [2.05, 4.69) is 60.2 Å². The van der Waals surface area contributed by atoms with Crippen LogP contribution in [0.15, 0.2) is 41.8 Å². The van der Waals surface area contributed by atoms with Gasteiger partial charge < -0.3 is 5.32 Å². The molecule has 4 heteroatoms. The summed E-state index contributed by atoms with van der Waals surface area (Å²) in [6.45, 7) is 6.28. The maximum atomic E-state index is 11.8. The molecule has 2 aromatic rings. The summed E-state index contributed by atoms with van der Waals surface area (Å²) in [7, 11) is 1.66. The van der Waals surface area contributed by atoms with E-state index >= 15 is 0 Å². The van der Waals surface area contributed by atoms with Gasteiger partial charge in [-0.3, -0.25) is 10.1 Å². The summed E-state index contributed by atoms with van der Waals surface area (Å²) < 4.78 is 0. The van der Waals surface area contributed by atoms with Crippen molar-refractivity contribution < 1.29 is 4.79 Å². The predicted octanol–water partition coefficient (Wildman–Crippen LogP) is 3.69. The lowest BCUT2D eigenvalue weighted by molar-refractivity contribution is -0.122. The summed E-state index contributed by atoms with van der Waals surface area (Å²) in [4.78, 5) is 13.0. The number of carbonyl (C=O) groups excluding carboxylic acids is 1. The number of nitrogens with one attached hydrogen (secondary N) is 2. The van der Waals surface area contributed by atoms with E-state index in [9.17, 15) is 4.79 Å². The van der Waals surface area contributed by atoms with Gasteiger partial charge in [-0.1, -0.05) is 44.2 Å². The molecule has 0 fully saturated rings. The molecule has 0 saturated carbocycles. The fourth-order valence-corrected chi connectivity index (χ4v) is 3.23. The highest BCUT2D eigenvalue weighted by Gasteiger charge is 2.20. The maximum Gasteiger partial charge on any atom is 0.236 e. The SMILES string of the molecule is CNC(=O)[C@H](C)N[C@H](c1ccc(C(C)C)cc1)c1cccs1. The van der Waals surface area contributed by atoms with Crippen LogP contribution in [-0.2, 0) is 4.79 Å². The summed E-state index contributed by atoms with van der Waals surface area (Å²) in [5.41, 5.74) is 2.51. The molecular formula is C18H24N2OS. The lowest BCUT2D eigenvalue weighted by atomic mass is 9.98. The van der Waals surface area contributed by atoms with E-state index in [0.29, 0.717) is 5.92 Å². The minimum absolute atomic E-state index is 0.000330. The molecule has 22 heavy (non-hydrogen) atoms. The second-order valence-electron chi connectivity index (χ2n) is 5.77. The summed E-state index contributed by atoms with van der Waals surface area (Å²) >= 11 is 1.70. The Bertz CT molecular complexity index is 590. The van der Waals surface area contributed by atoms with Crippen molar-refractivity contribution in [2.24, 2.45) is 0 Å². The Balaban J connectivity index is 2.26. The zero-order chi connectivity index (χ0) is 16.1. The first-order valence-corrected chi connectivity index (χ1v) is 8.51. The van der Waals surface area contributed by atoms with Gasteiger partial charge in [0.05, 0.1) is 12.1 Å². The van der Waals surface area contributed by atoms with Crippen LogP contribution < -0.4 is 10.6 Å². The van der Waals surface area contributed by atoms with E-state index in [1.165, 1.54) is 16.0 Å². The number of hydrogen-bond donors (Lipinski definition) is 2.